The molecule has 0 aliphatic heterocycles. The van der Waals surface area contributed by atoms with E-state index >= 15 is 0 Å². The highest BCUT2D eigenvalue weighted by atomic mass is 15.4. The number of rotatable bonds is 6. The quantitative estimate of drug-likeness (QED) is 0.838. The van der Waals surface area contributed by atoms with E-state index in [9.17, 15) is 0 Å². The fourth-order valence-corrected chi connectivity index (χ4v) is 2.05. The summed E-state index contributed by atoms with van der Waals surface area (Å²) >= 11 is 0. The van der Waals surface area contributed by atoms with Gasteiger partial charge in [0.1, 0.15) is 0 Å². The lowest BCUT2D eigenvalue weighted by Gasteiger charge is -2.17. The molecule has 1 unspecified atom stereocenters. The van der Waals surface area contributed by atoms with E-state index in [2.05, 4.69) is 33.6 Å². The molecule has 96 valence electrons. The maximum atomic E-state index is 4.35. The van der Waals surface area contributed by atoms with Crippen LogP contribution >= 0.6 is 0 Å². The number of pyridine rings is 1. The van der Waals surface area contributed by atoms with Gasteiger partial charge in [0.2, 0.25) is 0 Å². The molecule has 0 bridgehead atoms. The topological polar surface area (TPSA) is 55.6 Å². The number of hydrogen-bond acceptors (Lipinski definition) is 4. The van der Waals surface area contributed by atoms with E-state index in [0.29, 0.717) is 0 Å². The Labute approximate surface area is 107 Å². The van der Waals surface area contributed by atoms with Crippen molar-refractivity contribution in [1.82, 2.24) is 25.3 Å². The predicted molar refractivity (Wildman–Crippen MR) is 70.0 cm³/mol. The Morgan fingerprint density at radius 1 is 1.39 bits per heavy atom. The minimum atomic E-state index is 0.275. The Bertz CT molecular complexity index is 465. The molecule has 2 heterocycles. The number of aryl methyl sites for hydroxylation is 2. The first kappa shape index (κ1) is 12.7. The van der Waals surface area contributed by atoms with E-state index in [0.717, 1.165) is 30.8 Å². The van der Waals surface area contributed by atoms with Gasteiger partial charge in [0.05, 0.1) is 17.9 Å². The zero-order valence-electron chi connectivity index (χ0n) is 10.9. The Kier molecular flexibility index (Phi) is 4.41. The van der Waals surface area contributed by atoms with Crippen LogP contribution in [0, 0.1) is 0 Å². The molecule has 0 aliphatic carbocycles. The Balaban J connectivity index is 2.01. The number of nitrogens with zero attached hydrogens (tertiary/aromatic N) is 4. The molecule has 0 amide bonds. The fraction of sp³-hybridized carbons (Fsp3) is 0.462. The van der Waals surface area contributed by atoms with E-state index in [-0.39, 0.29) is 6.04 Å². The zero-order chi connectivity index (χ0) is 12.8. The second-order valence-corrected chi connectivity index (χ2v) is 4.25. The maximum Gasteiger partial charge on any atom is 0.0753 e. The average Bonchev–Trinajstić information content (AvgIpc) is 2.82. The van der Waals surface area contributed by atoms with Crippen LogP contribution in [0.1, 0.15) is 30.8 Å². The van der Waals surface area contributed by atoms with Gasteiger partial charge in [0.25, 0.3) is 0 Å². The van der Waals surface area contributed by atoms with Crippen molar-refractivity contribution in [3.8, 4) is 0 Å². The maximum absolute atomic E-state index is 4.35. The molecule has 0 spiro atoms. The summed E-state index contributed by atoms with van der Waals surface area (Å²) in [6.07, 6.45) is 5.60. The van der Waals surface area contributed by atoms with Crippen LogP contribution in [0.25, 0.3) is 0 Å². The van der Waals surface area contributed by atoms with Crippen molar-refractivity contribution in [3.05, 3.63) is 42.0 Å². The first-order valence-electron chi connectivity index (χ1n) is 6.29. The molecule has 2 rings (SSSR count). The van der Waals surface area contributed by atoms with E-state index in [4.69, 9.17) is 0 Å². The van der Waals surface area contributed by atoms with Crippen molar-refractivity contribution < 1.29 is 0 Å². The molecule has 0 radical (unpaired) electrons. The summed E-state index contributed by atoms with van der Waals surface area (Å²) in [4.78, 5) is 4.35. The Hall–Kier alpha value is -1.75. The lowest BCUT2D eigenvalue weighted by atomic mass is 10.1. The van der Waals surface area contributed by atoms with Gasteiger partial charge in [-0.05, 0) is 31.5 Å². The van der Waals surface area contributed by atoms with Crippen LogP contribution in [-0.4, -0.2) is 26.5 Å². The second kappa shape index (κ2) is 6.26. The van der Waals surface area contributed by atoms with Gasteiger partial charge in [-0.1, -0.05) is 18.2 Å². The summed E-state index contributed by atoms with van der Waals surface area (Å²) in [5, 5.41) is 11.4. The van der Waals surface area contributed by atoms with Gasteiger partial charge in [0, 0.05) is 18.9 Å². The lowest BCUT2D eigenvalue weighted by molar-refractivity contribution is 0.477. The largest absolute Gasteiger partial charge is 0.309 e. The fourth-order valence-electron chi connectivity index (χ4n) is 2.05. The van der Waals surface area contributed by atoms with Crippen LogP contribution in [0.5, 0.6) is 0 Å². The summed E-state index contributed by atoms with van der Waals surface area (Å²) in [7, 11) is 1.92. The molecule has 0 aliphatic rings. The summed E-state index contributed by atoms with van der Waals surface area (Å²) in [5.41, 5.74) is 2.24. The van der Waals surface area contributed by atoms with E-state index < -0.39 is 0 Å². The van der Waals surface area contributed by atoms with Crippen LogP contribution < -0.4 is 5.32 Å². The molecule has 1 N–H and O–H groups in total. The molecule has 18 heavy (non-hydrogen) atoms. The average molecular weight is 245 g/mol. The van der Waals surface area contributed by atoms with Crippen molar-refractivity contribution in [3.63, 3.8) is 0 Å². The van der Waals surface area contributed by atoms with Crippen molar-refractivity contribution >= 4 is 0 Å². The SMILES string of the molecule is CCNC(CCc1ccccn1)c1cnnn1C. The molecule has 0 aromatic carbocycles. The highest BCUT2D eigenvalue weighted by Crippen LogP contribution is 2.16. The molecule has 0 saturated carbocycles. The first-order valence-corrected chi connectivity index (χ1v) is 6.29. The van der Waals surface area contributed by atoms with Gasteiger partial charge in [-0.3, -0.25) is 9.67 Å². The molecular weight excluding hydrogens is 226 g/mol. The molecule has 2 aromatic rings. The molecular formula is C13H19N5. The number of nitrogens with one attached hydrogen (secondary N) is 1. The molecule has 5 nitrogen and oxygen atoms in total. The van der Waals surface area contributed by atoms with Crippen molar-refractivity contribution in [2.24, 2.45) is 7.05 Å². The predicted octanol–water partition coefficient (Wildman–Crippen LogP) is 1.49. The van der Waals surface area contributed by atoms with Crippen molar-refractivity contribution in [1.29, 1.82) is 0 Å². The van der Waals surface area contributed by atoms with Gasteiger partial charge in [0.15, 0.2) is 0 Å². The number of aromatic nitrogens is 4. The third kappa shape index (κ3) is 3.13. The van der Waals surface area contributed by atoms with Gasteiger partial charge in [-0.15, -0.1) is 5.10 Å². The van der Waals surface area contributed by atoms with E-state index in [1.165, 1.54) is 0 Å². The lowest BCUT2D eigenvalue weighted by Crippen LogP contribution is -2.23. The monoisotopic (exact) mass is 245 g/mol. The van der Waals surface area contributed by atoms with Crippen molar-refractivity contribution in [2.75, 3.05) is 6.54 Å². The second-order valence-electron chi connectivity index (χ2n) is 4.25. The van der Waals surface area contributed by atoms with Crippen LogP contribution in [0.3, 0.4) is 0 Å². The van der Waals surface area contributed by atoms with Gasteiger partial charge < -0.3 is 5.32 Å². The third-order valence-electron chi connectivity index (χ3n) is 2.97. The summed E-state index contributed by atoms with van der Waals surface area (Å²) in [6, 6.07) is 6.30. The minimum Gasteiger partial charge on any atom is -0.309 e. The van der Waals surface area contributed by atoms with Crippen LogP contribution in [0.2, 0.25) is 0 Å². The minimum absolute atomic E-state index is 0.275. The molecule has 0 fully saturated rings. The van der Waals surface area contributed by atoms with Gasteiger partial charge in [-0.2, -0.15) is 0 Å². The smallest absolute Gasteiger partial charge is 0.0753 e. The van der Waals surface area contributed by atoms with Gasteiger partial charge >= 0.3 is 0 Å². The number of hydrogen-bond donors (Lipinski definition) is 1. The van der Waals surface area contributed by atoms with Crippen molar-refractivity contribution in [2.45, 2.75) is 25.8 Å². The Morgan fingerprint density at radius 3 is 2.89 bits per heavy atom. The van der Waals surface area contributed by atoms with E-state index in [1.807, 2.05) is 36.3 Å². The summed E-state index contributed by atoms with van der Waals surface area (Å²) in [6.45, 7) is 3.04. The zero-order valence-corrected chi connectivity index (χ0v) is 10.9. The van der Waals surface area contributed by atoms with Crippen LogP contribution in [0.4, 0.5) is 0 Å². The molecule has 0 saturated heterocycles. The van der Waals surface area contributed by atoms with E-state index in [1.54, 1.807) is 0 Å². The van der Waals surface area contributed by atoms with Crippen LogP contribution in [-0.2, 0) is 13.5 Å². The summed E-state index contributed by atoms with van der Waals surface area (Å²) < 4.78 is 1.83. The molecule has 2 aromatic heterocycles. The normalized spacial score (nSPS) is 12.6. The highest BCUT2D eigenvalue weighted by Gasteiger charge is 2.14. The first-order chi connectivity index (χ1) is 8.81. The highest BCUT2D eigenvalue weighted by molar-refractivity contribution is 5.07. The standard InChI is InChI=1S/C13H19N5/c1-3-14-12(13-10-16-17-18(13)2)8-7-11-6-4-5-9-15-11/h4-6,9-10,12,14H,3,7-8H2,1-2H3. The molecule has 5 heteroatoms. The van der Waals surface area contributed by atoms with Crippen LogP contribution in [0.15, 0.2) is 30.6 Å². The Morgan fingerprint density at radius 2 is 2.28 bits per heavy atom. The molecule has 1 atom stereocenters. The summed E-state index contributed by atoms with van der Waals surface area (Å²) in [5.74, 6) is 0. The third-order valence-corrected chi connectivity index (χ3v) is 2.97. The van der Waals surface area contributed by atoms with Gasteiger partial charge in [-0.25, -0.2) is 0 Å².